The molecule has 0 spiro atoms. The molecule has 132 valence electrons. The number of nitrogens with zero attached hydrogens (tertiary/aromatic N) is 4. The summed E-state index contributed by atoms with van der Waals surface area (Å²) in [4.78, 5) is 32.4. The molecule has 0 bridgehead atoms. The van der Waals surface area contributed by atoms with Crippen molar-refractivity contribution in [3.8, 4) is 6.07 Å². The predicted octanol–water partition coefficient (Wildman–Crippen LogP) is 1.70. The second-order valence-corrected chi connectivity index (χ2v) is 5.87. The summed E-state index contributed by atoms with van der Waals surface area (Å²) in [6.07, 6.45) is 1.61. The second-order valence-electron chi connectivity index (χ2n) is 5.87. The van der Waals surface area contributed by atoms with Gasteiger partial charge in [0.1, 0.15) is 5.82 Å². The van der Waals surface area contributed by atoms with Crippen molar-refractivity contribution in [2.75, 3.05) is 38.2 Å². The van der Waals surface area contributed by atoms with E-state index in [9.17, 15) is 9.59 Å². The molecular formula is C19H18N4O3. The molecule has 7 nitrogen and oxygen atoms in total. The van der Waals surface area contributed by atoms with Gasteiger partial charge in [0, 0.05) is 37.9 Å². The van der Waals surface area contributed by atoms with E-state index in [0.29, 0.717) is 42.9 Å². The summed E-state index contributed by atoms with van der Waals surface area (Å²) in [5.41, 5.74) is 1.38. The van der Waals surface area contributed by atoms with Crippen LogP contribution in [-0.4, -0.2) is 55.0 Å². The van der Waals surface area contributed by atoms with Crippen molar-refractivity contribution in [3.63, 3.8) is 0 Å². The molecule has 0 atom stereocenters. The molecule has 1 saturated heterocycles. The summed E-state index contributed by atoms with van der Waals surface area (Å²) >= 11 is 0. The molecule has 2 aromatic rings. The van der Waals surface area contributed by atoms with Gasteiger partial charge in [-0.2, -0.15) is 5.26 Å². The number of pyridine rings is 1. The average Bonchev–Trinajstić information content (AvgIpc) is 2.72. The Balaban J connectivity index is 1.67. The van der Waals surface area contributed by atoms with Crippen LogP contribution in [0.1, 0.15) is 26.3 Å². The summed E-state index contributed by atoms with van der Waals surface area (Å²) in [6.45, 7) is 2.34. The molecule has 0 N–H and O–H groups in total. The third-order valence-electron chi connectivity index (χ3n) is 4.30. The molecule has 1 aliphatic heterocycles. The number of carbonyl (C=O) groups excluding carboxylic acids is 2. The molecule has 1 aromatic heterocycles. The Morgan fingerprint density at radius 3 is 2.54 bits per heavy atom. The van der Waals surface area contributed by atoms with Gasteiger partial charge in [-0.15, -0.1) is 0 Å². The van der Waals surface area contributed by atoms with Gasteiger partial charge < -0.3 is 14.5 Å². The third-order valence-corrected chi connectivity index (χ3v) is 4.30. The lowest BCUT2D eigenvalue weighted by atomic mass is 10.1. The molecule has 1 aliphatic rings. The van der Waals surface area contributed by atoms with Crippen molar-refractivity contribution in [1.82, 2.24) is 9.88 Å². The highest BCUT2D eigenvalue weighted by Gasteiger charge is 2.23. The molecule has 7 heteroatoms. The van der Waals surface area contributed by atoms with E-state index in [-0.39, 0.29) is 5.91 Å². The van der Waals surface area contributed by atoms with Crippen LogP contribution in [0.2, 0.25) is 0 Å². The van der Waals surface area contributed by atoms with Crippen LogP contribution in [0, 0.1) is 11.3 Å². The lowest BCUT2D eigenvalue weighted by molar-refractivity contribution is 0.0600. The van der Waals surface area contributed by atoms with E-state index in [2.05, 4.69) is 16.0 Å². The summed E-state index contributed by atoms with van der Waals surface area (Å²) in [7, 11) is 1.31. The van der Waals surface area contributed by atoms with E-state index in [4.69, 9.17) is 10.00 Å². The molecule has 2 heterocycles. The van der Waals surface area contributed by atoms with Crippen LogP contribution in [0.25, 0.3) is 0 Å². The van der Waals surface area contributed by atoms with E-state index in [1.165, 1.54) is 7.11 Å². The van der Waals surface area contributed by atoms with Gasteiger partial charge in [0.15, 0.2) is 0 Å². The molecule has 0 aliphatic carbocycles. The Bertz CT molecular complexity index is 867. The fourth-order valence-corrected chi connectivity index (χ4v) is 2.88. The summed E-state index contributed by atoms with van der Waals surface area (Å²) in [5, 5.41) is 9.00. The number of esters is 1. The number of anilines is 1. The Labute approximate surface area is 151 Å². The maximum atomic E-state index is 12.7. The Kier molecular flexibility index (Phi) is 5.13. The topological polar surface area (TPSA) is 86.5 Å². The van der Waals surface area contributed by atoms with Gasteiger partial charge in [-0.05, 0) is 30.3 Å². The highest BCUT2D eigenvalue weighted by molar-refractivity contribution is 5.98. The lowest BCUT2D eigenvalue weighted by Gasteiger charge is -2.35. The first-order valence-corrected chi connectivity index (χ1v) is 8.21. The number of hydrogen-bond donors (Lipinski definition) is 0. The quantitative estimate of drug-likeness (QED) is 0.783. The molecular weight excluding hydrogens is 332 g/mol. The molecule has 1 aromatic carbocycles. The number of carbonyl (C=O) groups is 2. The second kappa shape index (κ2) is 7.66. The highest BCUT2D eigenvalue weighted by atomic mass is 16.5. The first kappa shape index (κ1) is 17.4. The van der Waals surface area contributed by atoms with Crippen LogP contribution in [0.4, 0.5) is 5.82 Å². The average molecular weight is 350 g/mol. The molecule has 0 unspecified atom stereocenters. The maximum Gasteiger partial charge on any atom is 0.337 e. The van der Waals surface area contributed by atoms with Crippen LogP contribution < -0.4 is 4.90 Å². The number of amides is 1. The van der Waals surface area contributed by atoms with Gasteiger partial charge in [-0.25, -0.2) is 9.78 Å². The minimum Gasteiger partial charge on any atom is -0.465 e. The predicted molar refractivity (Wildman–Crippen MR) is 94.9 cm³/mol. The van der Waals surface area contributed by atoms with Crippen molar-refractivity contribution < 1.29 is 14.3 Å². The van der Waals surface area contributed by atoms with E-state index >= 15 is 0 Å². The Morgan fingerprint density at radius 2 is 1.85 bits per heavy atom. The van der Waals surface area contributed by atoms with E-state index in [1.807, 2.05) is 0 Å². The first-order chi connectivity index (χ1) is 12.6. The lowest BCUT2D eigenvalue weighted by Crippen LogP contribution is -2.49. The summed E-state index contributed by atoms with van der Waals surface area (Å²) in [6, 6.07) is 12.1. The fraction of sp³-hybridized carbons (Fsp3) is 0.263. The number of hydrogen-bond acceptors (Lipinski definition) is 6. The van der Waals surface area contributed by atoms with Crippen molar-refractivity contribution in [1.29, 1.82) is 5.26 Å². The third kappa shape index (κ3) is 3.64. The summed E-state index contributed by atoms with van der Waals surface area (Å²) in [5.74, 6) is 0.158. The van der Waals surface area contributed by atoms with Gasteiger partial charge in [0.25, 0.3) is 5.91 Å². The number of benzene rings is 1. The molecule has 1 amide bonds. The van der Waals surface area contributed by atoms with Gasteiger partial charge in [0.2, 0.25) is 0 Å². The molecule has 0 saturated carbocycles. The molecule has 0 radical (unpaired) electrons. The molecule has 26 heavy (non-hydrogen) atoms. The monoisotopic (exact) mass is 350 g/mol. The van der Waals surface area contributed by atoms with Gasteiger partial charge in [0.05, 0.1) is 24.3 Å². The first-order valence-electron chi connectivity index (χ1n) is 8.21. The minimum absolute atomic E-state index is 0.117. The van der Waals surface area contributed by atoms with Gasteiger partial charge >= 0.3 is 5.97 Å². The van der Waals surface area contributed by atoms with Gasteiger partial charge in [-0.3, -0.25) is 4.79 Å². The zero-order valence-electron chi connectivity index (χ0n) is 14.4. The minimum atomic E-state index is -0.465. The number of aromatic nitrogens is 1. The zero-order valence-corrected chi connectivity index (χ0v) is 14.4. The van der Waals surface area contributed by atoms with Crippen LogP contribution in [-0.2, 0) is 4.74 Å². The fourth-order valence-electron chi connectivity index (χ4n) is 2.88. The highest BCUT2D eigenvalue weighted by Crippen LogP contribution is 2.17. The number of piperazine rings is 1. The van der Waals surface area contributed by atoms with Gasteiger partial charge in [-0.1, -0.05) is 6.07 Å². The number of methoxy groups -OCH3 is 1. The van der Waals surface area contributed by atoms with Crippen molar-refractivity contribution in [2.45, 2.75) is 0 Å². The number of nitriles is 1. The van der Waals surface area contributed by atoms with Crippen molar-refractivity contribution in [3.05, 3.63) is 59.3 Å². The van der Waals surface area contributed by atoms with Crippen LogP contribution in [0.3, 0.4) is 0 Å². The number of ether oxygens (including phenoxy) is 1. The number of rotatable bonds is 3. The smallest absolute Gasteiger partial charge is 0.337 e. The molecule has 1 fully saturated rings. The van der Waals surface area contributed by atoms with Crippen molar-refractivity contribution >= 4 is 17.7 Å². The van der Waals surface area contributed by atoms with E-state index in [0.717, 1.165) is 5.82 Å². The van der Waals surface area contributed by atoms with E-state index < -0.39 is 5.97 Å². The Hall–Kier alpha value is -3.40. The van der Waals surface area contributed by atoms with E-state index in [1.54, 1.807) is 47.5 Å². The van der Waals surface area contributed by atoms with Crippen LogP contribution >= 0.6 is 0 Å². The zero-order chi connectivity index (χ0) is 18.5. The normalized spacial score (nSPS) is 13.8. The SMILES string of the molecule is COC(=O)c1cccc(C(=O)N2CCN(c3cc(C#N)ccn3)CC2)c1. The summed E-state index contributed by atoms with van der Waals surface area (Å²) < 4.78 is 4.70. The van der Waals surface area contributed by atoms with Crippen LogP contribution in [0.5, 0.6) is 0 Å². The Morgan fingerprint density at radius 1 is 1.12 bits per heavy atom. The van der Waals surface area contributed by atoms with Crippen LogP contribution in [0.15, 0.2) is 42.6 Å². The standard InChI is InChI=1S/C19H18N4O3/c1-26-19(25)16-4-2-3-15(12-16)18(24)23-9-7-22(8-10-23)17-11-14(13-20)5-6-21-17/h2-6,11-12H,7-10H2,1H3. The molecule has 3 rings (SSSR count). The largest absolute Gasteiger partial charge is 0.465 e. The van der Waals surface area contributed by atoms with Crippen molar-refractivity contribution in [2.24, 2.45) is 0 Å². The maximum absolute atomic E-state index is 12.7.